The van der Waals surface area contributed by atoms with Crippen LogP contribution < -0.4 is 15.3 Å². The van der Waals surface area contributed by atoms with Crippen LogP contribution in [-0.2, 0) is 23.4 Å². The van der Waals surface area contributed by atoms with Crippen molar-refractivity contribution in [3.63, 3.8) is 0 Å². The molecule has 0 amide bonds. The van der Waals surface area contributed by atoms with Crippen LogP contribution in [0.25, 0.3) is 0 Å². The van der Waals surface area contributed by atoms with Crippen molar-refractivity contribution in [2.75, 3.05) is 6.61 Å². The number of amidine groups is 1. The number of Topliss-reactive ketones (excluding diaryl/α,β-unsaturated/α-hetero) is 1. The molecule has 2 fully saturated rings. The maximum atomic E-state index is 15.6. The lowest BCUT2D eigenvalue weighted by Crippen LogP contribution is -2.42. The molecule has 4 N–H and O–H groups in total. The Bertz CT molecular complexity index is 1500. The lowest BCUT2D eigenvalue weighted by atomic mass is 9.98. The smallest absolute Gasteiger partial charge is 0.459 e. The van der Waals surface area contributed by atoms with Gasteiger partial charge in [0.2, 0.25) is 0 Å². The Balaban J connectivity index is 1.34. The van der Waals surface area contributed by atoms with E-state index in [0.717, 1.165) is 37.5 Å². The quantitative estimate of drug-likeness (QED) is 0.245. The van der Waals surface area contributed by atoms with Crippen molar-refractivity contribution < 1.29 is 46.6 Å². The number of carbonyl (C=O) groups is 2. The minimum atomic E-state index is -4.54. The molecule has 0 bridgehead atoms. The van der Waals surface area contributed by atoms with Crippen molar-refractivity contribution >= 4 is 42.8 Å². The van der Waals surface area contributed by atoms with Gasteiger partial charge in [-0.05, 0) is 51.7 Å². The predicted molar refractivity (Wildman–Crippen MR) is 153 cm³/mol. The number of nitrogens with one attached hydrogen (secondary N) is 1. The van der Waals surface area contributed by atoms with E-state index >= 15 is 4.39 Å². The van der Waals surface area contributed by atoms with Crippen LogP contribution >= 0.6 is 19.3 Å². The number of alkyl halides is 1. The van der Waals surface area contributed by atoms with Gasteiger partial charge < -0.3 is 24.8 Å². The summed E-state index contributed by atoms with van der Waals surface area (Å²) in [6, 6.07) is 1.98. The zero-order valence-electron chi connectivity index (χ0n) is 24.0. The molecule has 2 aliphatic heterocycles. The minimum Gasteiger partial charge on any atom is -0.461 e. The number of hydrogen-bond acceptors (Lipinski definition) is 11. The third-order valence-electron chi connectivity index (χ3n) is 7.63. The van der Waals surface area contributed by atoms with Gasteiger partial charge in [0.15, 0.2) is 29.7 Å². The van der Waals surface area contributed by atoms with Gasteiger partial charge in [-0.2, -0.15) is 5.09 Å². The molecule has 5 rings (SSSR count). The van der Waals surface area contributed by atoms with Crippen LogP contribution in [0.5, 0.6) is 5.75 Å². The lowest BCUT2D eigenvalue weighted by Gasteiger charge is -2.27. The third kappa shape index (κ3) is 6.82. The monoisotopic (exact) mass is 659 g/mol. The molecular formula is C27H33ClF2N5O8P. The normalized spacial score (nSPS) is 27.7. The number of nitrogens with two attached hydrogens (primary N) is 1. The number of aromatic nitrogens is 2. The fourth-order valence-electron chi connectivity index (χ4n) is 5.29. The number of halogens is 3. The average molecular weight is 660 g/mol. The Morgan fingerprint density at radius 2 is 2.09 bits per heavy atom. The van der Waals surface area contributed by atoms with Gasteiger partial charge in [-0.1, -0.05) is 18.0 Å². The van der Waals surface area contributed by atoms with Gasteiger partial charge in [0.05, 0.1) is 24.4 Å². The molecule has 6 atom stereocenters. The van der Waals surface area contributed by atoms with E-state index in [2.05, 4.69) is 15.1 Å². The minimum absolute atomic E-state index is 0.00745. The summed E-state index contributed by atoms with van der Waals surface area (Å²) < 4.78 is 67.0. The fourth-order valence-corrected chi connectivity index (χ4v) is 6.95. The van der Waals surface area contributed by atoms with Crippen molar-refractivity contribution in [3.05, 3.63) is 41.1 Å². The second kappa shape index (κ2) is 12.8. The number of fused-ring (bicyclic) bond motifs is 1. The summed E-state index contributed by atoms with van der Waals surface area (Å²) in [5.41, 5.74) is 3.56. The van der Waals surface area contributed by atoms with Crippen LogP contribution in [-0.4, -0.2) is 68.9 Å². The number of hydrogen-bond donors (Lipinski definition) is 3. The van der Waals surface area contributed by atoms with Crippen molar-refractivity contribution in [1.29, 1.82) is 0 Å². The van der Waals surface area contributed by atoms with E-state index in [4.69, 9.17) is 35.9 Å². The average Bonchev–Trinajstić information content (AvgIpc) is 3.47. The number of benzene rings is 1. The number of imidazole rings is 1. The molecule has 1 saturated carbocycles. The molecule has 1 aliphatic carbocycles. The molecule has 0 spiro atoms. The van der Waals surface area contributed by atoms with Gasteiger partial charge in [-0.15, -0.1) is 0 Å². The van der Waals surface area contributed by atoms with Gasteiger partial charge in [0, 0.05) is 6.07 Å². The third-order valence-corrected chi connectivity index (χ3v) is 9.56. The number of ether oxygens (including phenoxy) is 2. The van der Waals surface area contributed by atoms with Crippen molar-refractivity contribution in [2.24, 2.45) is 10.7 Å². The summed E-state index contributed by atoms with van der Waals surface area (Å²) in [5, 5.41) is 13.3. The highest BCUT2D eigenvalue weighted by molar-refractivity contribution is 7.52. The first kappa shape index (κ1) is 32.5. The molecule has 1 aromatic heterocycles. The molecule has 17 heteroatoms. The molecular weight excluding hydrogens is 627 g/mol. The van der Waals surface area contributed by atoms with Gasteiger partial charge in [-0.25, -0.2) is 23.3 Å². The maximum Gasteiger partial charge on any atom is 0.459 e. The highest BCUT2D eigenvalue weighted by atomic mass is 35.5. The molecule has 44 heavy (non-hydrogen) atoms. The topological polar surface area (TPSA) is 177 Å². The molecule has 2 aromatic rings. The zero-order chi connectivity index (χ0) is 31.8. The molecule has 2 unspecified atom stereocenters. The summed E-state index contributed by atoms with van der Waals surface area (Å²) in [6.45, 7) is 1.83. The summed E-state index contributed by atoms with van der Waals surface area (Å²) >= 11 is 5.85. The number of aliphatic imine (C=N–C) groups is 1. The van der Waals surface area contributed by atoms with Crippen molar-refractivity contribution in [1.82, 2.24) is 14.6 Å². The number of ketones is 1. The number of carbonyl (C=O) groups excluding carboxylic acids is 2. The number of nitrogens with zero attached hydrogens (tertiary/aromatic N) is 3. The van der Waals surface area contributed by atoms with E-state index in [0.29, 0.717) is 12.8 Å². The van der Waals surface area contributed by atoms with Crippen molar-refractivity contribution in [2.45, 2.75) is 88.6 Å². The Kier molecular flexibility index (Phi) is 9.45. The Morgan fingerprint density at radius 1 is 1.36 bits per heavy atom. The summed E-state index contributed by atoms with van der Waals surface area (Å²) in [7, 11) is -4.54. The Labute approximate surface area is 256 Å². The highest BCUT2D eigenvalue weighted by Crippen LogP contribution is 2.48. The molecule has 13 nitrogen and oxygen atoms in total. The van der Waals surface area contributed by atoms with Crippen LogP contribution in [0.4, 0.5) is 14.6 Å². The van der Waals surface area contributed by atoms with Crippen LogP contribution in [0.2, 0.25) is 5.02 Å². The van der Waals surface area contributed by atoms with E-state index < -0.39 is 62.1 Å². The van der Waals surface area contributed by atoms with E-state index in [1.165, 1.54) is 24.7 Å². The van der Waals surface area contributed by atoms with Crippen LogP contribution in [0, 0.1) is 5.82 Å². The second-order valence-electron chi connectivity index (χ2n) is 11.2. The lowest BCUT2D eigenvalue weighted by molar-refractivity contribution is -0.152. The van der Waals surface area contributed by atoms with Gasteiger partial charge in [0.1, 0.15) is 41.3 Å². The van der Waals surface area contributed by atoms with Crippen molar-refractivity contribution in [3.8, 4) is 5.75 Å². The van der Waals surface area contributed by atoms with E-state index in [1.807, 2.05) is 0 Å². The number of rotatable bonds is 10. The molecule has 1 aromatic carbocycles. The summed E-state index contributed by atoms with van der Waals surface area (Å²) in [6.07, 6.45) is 0.0154. The van der Waals surface area contributed by atoms with Gasteiger partial charge >= 0.3 is 13.7 Å². The number of aliphatic hydroxyl groups is 1. The first-order valence-corrected chi connectivity index (χ1v) is 16.0. The SMILES string of the molecule is CC(NP(=O)(OC[C@H]1O[C@@H](n2cnc3c2N=C(N)CC3=O)[C@](C)(O)[C@@H]1F)Oc1ccc(F)c(Cl)c1)C(=O)OC1CCCCC1. The highest BCUT2D eigenvalue weighted by Gasteiger charge is 2.56. The van der Waals surface area contributed by atoms with E-state index in [1.54, 1.807) is 0 Å². The van der Waals surface area contributed by atoms with Crippen LogP contribution in [0.15, 0.2) is 29.5 Å². The van der Waals surface area contributed by atoms with Crippen LogP contribution in [0.1, 0.15) is 69.1 Å². The molecule has 240 valence electrons. The van der Waals surface area contributed by atoms with Gasteiger partial charge in [-0.3, -0.25) is 18.7 Å². The van der Waals surface area contributed by atoms with Gasteiger partial charge in [0.25, 0.3) is 0 Å². The predicted octanol–water partition coefficient (Wildman–Crippen LogP) is 4.29. The largest absolute Gasteiger partial charge is 0.461 e. The van der Waals surface area contributed by atoms with Crippen LogP contribution in [0.3, 0.4) is 0 Å². The zero-order valence-corrected chi connectivity index (χ0v) is 25.6. The summed E-state index contributed by atoms with van der Waals surface area (Å²) in [4.78, 5) is 33.3. The first-order chi connectivity index (χ1) is 20.8. The molecule has 3 heterocycles. The second-order valence-corrected chi connectivity index (χ2v) is 13.3. The molecule has 3 aliphatic rings. The van der Waals surface area contributed by atoms with E-state index in [-0.39, 0.29) is 40.6 Å². The molecule has 0 radical (unpaired) electrons. The summed E-state index contributed by atoms with van der Waals surface area (Å²) in [5.74, 6) is -2.02. The molecule has 1 saturated heterocycles. The Hall–Kier alpha value is -2.94. The fraction of sp³-hybridized carbons (Fsp3) is 0.556. The Morgan fingerprint density at radius 3 is 2.80 bits per heavy atom. The standard InChI is InChI=1S/C27H33ClF2N5O8P/c1-14(25(37)41-15-6-4-3-5-7-15)34-44(39,43-16-8-9-18(29)17(28)10-16)40-12-20-23(30)27(2,38)26(42-20)35-13-32-22-19(36)11-21(31)33-24(22)35/h8-10,13-15,20,23,26,38H,3-7,11-12H2,1-2H3,(H2,31,33)(H,34,39)/t14?,20-,23-,26-,27-,44?/m1/s1. The first-order valence-electron chi connectivity index (χ1n) is 14.1. The maximum absolute atomic E-state index is 15.6. The van der Waals surface area contributed by atoms with E-state index in [9.17, 15) is 23.7 Å². The number of esters is 1.